The molecule has 1 saturated heterocycles. The molecule has 25 heavy (non-hydrogen) atoms. The predicted molar refractivity (Wildman–Crippen MR) is 94.1 cm³/mol. The fourth-order valence-corrected chi connectivity index (χ4v) is 3.05. The first-order valence-electron chi connectivity index (χ1n) is 8.66. The van der Waals surface area contributed by atoms with Crippen LogP contribution in [0.2, 0.25) is 0 Å². The molecule has 1 aliphatic heterocycles. The van der Waals surface area contributed by atoms with Crippen LogP contribution in [0, 0.1) is 17.8 Å². The van der Waals surface area contributed by atoms with Gasteiger partial charge in [0.15, 0.2) is 0 Å². The van der Waals surface area contributed by atoms with E-state index in [2.05, 4.69) is 0 Å². The molecule has 0 radical (unpaired) electrons. The number of hydrogen-bond acceptors (Lipinski definition) is 4. The highest BCUT2D eigenvalue weighted by atomic mass is 16.5. The minimum Gasteiger partial charge on any atom is -0.497 e. The predicted octanol–water partition coefficient (Wildman–Crippen LogP) is 2.91. The summed E-state index contributed by atoms with van der Waals surface area (Å²) in [4.78, 5) is 25.9. The van der Waals surface area contributed by atoms with E-state index in [-0.39, 0.29) is 11.8 Å². The number of aliphatic carboxylic acids is 1. The van der Waals surface area contributed by atoms with Crippen LogP contribution in [0.15, 0.2) is 18.2 Å². The Kier molecular flexibility index (Phi) is 6.28. The molecule has 1 aliphatic rings. The molecule has 0 spiro atoms. The largest absolute Gasteiger partial charge is 0.497 e. The summed E-state index contributed by atoms with van der Waals surface area (Å²) in [6, 6.07) is 5.18. The number of carbonyl (C=O) groups is 2. The summed E-state index contributed by atoms with van der Waals surface area (Å²) in [6.07, 6.45) is 0.473. The smallest absolute Gasteiger partial charge is 0.306 e. The van der Waals surface area contributed by atoms with Crippen molar-refractivity contribution in [2.75, 3.05) is 26.8 Å². The molecule has 1 aromatic rings. The summed E-state index contributed by atoms with van der Waals surface area (Å²) in [5.41, 5.74) is 0.488. The lowest BCUT2D eigenvalue weighted by atomic mass is 9.87. The fourth-order valence-electron chi connectivity index (χ4n) is 3.05. The van der Waals surface area contributed by atoms with Gasteiger partial charge < -0.3 is 19.5 Å². The number of ether oxygens (including phenoxy) is 2. The molecule has 2 rings (SSSR count). The Morgan fingerprint density at radius 2 is 2.08 bits per heavy atom. The average Bonchev–Trinajstić information content (AvgIpc) is 2.58. The maximum atomic E-state index is 12.9. The van der Waals surface area contributed by atoms with Crippen molar-refractivity contribution in [3.05, 3.63) is 23.8 Å². The van der Waals surface area contributed by atoms with Gasteiger partial charge in [-0.3, -0.25) is 9.59 Å². The van der Waals surface area contributed by atoms with Gasteiger partial charge in [-0.05, 0) is 30.4 Å². The molecule has 2 unspecified atom stereocenters. The maximum absolute atomic E-state index is 12.9. The quantitative estimate of drug-likeness (QED) is 0.854. The minimum atomic E-state index is -0.787. The number of amides is 1. The van der Waals surface area contributed by atoms with Crippen LogP contribution in [0.3, 0.4) is 0 Å². The number of likely N-dealkylation sites (tertiary alicyclic amines) is 1. The van der Waals surface area contributed by atoms with Crippen molar-refractivity contribution >= 4 is 11.9 Å². The van der Waals surface area contributed by atoms with E-state index in [4.69, 9.17) is 9.47 Å². The summed E-state index contributed by atoms with van der Waals surface area (Å²) >= 11 is 0. The highest BCUT2D eigenvalue weighted by Gasteiger charge is 2.34. The number of piperidine rings is 1. The molecule has 6 heteroatoms. The number of benzene rings is 1. The summed E-state index contributed by atoms with van der Waals surface area (Å²) in [6.45, 7) is 7.34. The van der Waals surface area contributed by atoms with E-state index in [1.807, 2.05) is 20.8 Å². The zero-order valence-corrected chi connectivity index (χ0v) is 15.3. The van der Waals surface area contributed by atoms with Gasteiger partial charge in [-0.25, -0.2) is 0 Å². The van der Waals surface area contributed by atoms with Gasteiger partial charge in [0.25, 0.3) is 5.91 Å². The molecule has 1 fully saturated rings. The van der Waals surface area contributed by atoms with Crippen LogP contribution in [0.4, 0.5) is 0 Å². The second-order valence-corrected chi connectivity index (χ2v) is 7.03. The lowest BCUT2D eigenvalue weighted by Gasteiger charge is -2.35. The van der Waals surface area contributed by atoms with Crippen molar-refractivity contribution in [2.24, 2.45) is 17.8 Å². The highest BCUT2D eigenvalue weighted by Crippen LogP contribution is 2.29. The van der Waals surface area contributed by atoms with Gasteiger partial charge in [0.2, 0.25) is 0 Å². The van der Waals surface area contributed by atoms with Crippen molar-refractivity contribution in [1.29, 1.82) is 0 Å². The third kappa shape index (κ3) is 4.65. The van der Waals surface area contributed by atoms with E-state index in [0.717, 1.165) is 0 Å². The van der Waals surface area contributed by atoms with E-state index in [1.165, 1.54) is 0 Å². The normalized spacial score (nSPS) is 20.4. The van der Waals surface area contributed by atoms with Crippen LogP contribution < -0.4 is 9.47 Å². The molecule has 1 amide bonds. The van der Waals surface area contributed by atoms with Crippen LogP contribution >= 0.6 is 0 Å². The number of carboxylic acids is 1. The first-order chi connectivity index (χ1) is 11.8. The van der Waals surface area contributed by atoms with Crippen LogP contribution in [0.5, 0.6) is 11.5 Å². The lowest BCUT2D eigenvalue weighted by Crippen LogP contribution is -2.45. The number of methoxy groups -OCH3 is 1. The molecule has 0 saturated carbocycles. The Bertz CT molecular complexity index is 628. The topological polar surface area (TPSA) is 76.1 Å². The van der Waals surface area contributed by atoms with Crippen LogP contribution in [0.25, 0.3) is 0 Å². The summed E-state index contributed by atoms with van der Waals surface area (Å²) < 4.78 is 11.0. The Balaban J connectivity index is 2.19. The molecule has 1 heterocycles. The zero-order chi connectivity index (χ0) is 18.6. The summed E-state index contributed by atoms with van der Waals surface area (Å²) in [5, 5.41) is 9.24. The van der Waals surface area contributed by atoms with Gasteiger partial charge in [-0.1, -0.05) is 20.8 Å². The Hall–Kier alpha value is -2.24. The van der Waals surface area contributed by atoms with E-state index in [1.54, 1.807) is 30.2 Å². The SMILES string of the molecule is COc1ccc(C(=O)N2CCC(C(=O)O)C(C)C2)c(OCC(C)C)c1. The van der Waals surface area contributed by atoms with Crippen LogP contribution in [-0.4, -0.2) is 48.7 Å². The molecule has 0 aliphatic carbocycles. The third-order valence-electron chi connectivity index (χ3n) is 4.50. The number of hydrogen-bond donors (Lipinski definition) is 1. The first-order valence-corrected chi connectivity index (χ1v) is 8.66. The van der Waals surface area contributed by atoms with Gasteiger partial charge >= 0.3 is 5.97 Å². The number of carboxylic acid groups (broad SMARTS) is 1. The molecule has 1 aromatic carbocycles. The summed E-state index contributed by atoms with van der Waals surface area (Å²) in [7, 11) is 1.57. The van der Waals surface area contributed by atoms with Gasteiger partial charge in [0.1, 0.15) is 11.5 Å². The Morgan fingerprint density at radius 3 is 2.64 bits per heavy atom. The minimum absolute atomic E-state index is 0.0755. The highest BCUT2D eigenvalue weighted by molar-refractivity contribution is 5.97. The molecule has 0 aromatic heterocycles. The number of carbonyl (C=O) groups excluding carboxylic acids is 1. The Labute approximate surface area is 148 Å². The van der Waals surface area contributed by atoms with Gasteiger partial charge in [-0.15, -0.1) is 0 Å². The Morgan fingerprint density at radius 1 is 1.36 bits per heavy atom. The van der Waals surface area contributed by atoms with Gasteiger partial charge in [0.05, 0.1) is 25.2 Å². The average molecular weight is 349 g/mol. The standard InChI is InChI=1S/C19H27NO5/c1-12(2)11-25-17-9-14(24-4)5-6-16(17)18(21)20-8-7-15(19(22)23)13(3)10-20/h5-6,9,12-13,15H,7-8,10-11H2,1-4H3,(H,22,23). The summed E-state index contributed by atoms with van der Waals surface area (Å²) in [5.74, 6) is 0.0898. The first kappa shape index (κ1) is 19.1. The lowest BCUT2D eigenvalue weighted by molar-refractivity contribution is -0.145. The molecule has 6 nitrogen and oxygen atoms in total. The second kappa shape index (κ2) is 8.23. The number of rotatable bonds is 6. The molecular formula is C19H27NO5. The second-order valence-electron chi connectivity index (χ2n) is 7.03. The van der Waals surface area contributed by atoms with Crippen molar-refractivity contribution in [1.82, 2.24) is 4.90 Å². The molecule has 138 valence electrons. The van der Waals surface area contributed by atoms with Crippen molar-refractivity contribution in [3.63, 3.8) is 0 Å². The molecular weight excluding hydrogens is 322 g/mol. The molecule has 1 N–H and O–H groups in total. The third-order valence-corrected chi connectivity index (χ3v) is 4.50. The van der Waals surface area contributed by atoms with Gasteiger partial charge in [0, 0.05) is 19.2 Å². The van der Waals surface area contributed by atoms with Gasteiger partial charge in [-0.2, -0.15) is 0 Å². The zero-order valence-electron chi connectivity index (χ0n) is 15.3. The monoisotopic (exact) mass is 349 g/mol. The van der Waals surface area contributed by atoms with E-state index in [9.17, 15) is 14.7 Å². The van der Waals surface area contributed by atoms with E-state index < -0.39 is 11.9 Å². The fraction of sp³-hybridized carbons (Fsp3) is 0.579. The van der Waals surface area contributed by atoms with Crippen molar-refractivity contribution in [3.8, 4) is 11.5 Å². The van der Waals surface area contributed by atoms with Crippen LogP contribution in [0.1, 0.15) is 37.6 Å². The van der Waals surface area contributed by atoms with Crippen LogP contribution in [-0.2, 0) is 4.79 Å². The molecule has 2 atom stereocenters. The molecule has 0 bridgehead atoms. The number of nitrogens with zero attached hydrogens (tertiary/aromatic N) is 1. The van der Waals surface area contributed by atoms with E-state index in [0.29, 0.717) is 49.1 Å². The van der Waals surface area contributed by atoms with Crippen molar-refractivity contribution in [2.45, 2.75) is 27.2 Å². The van der Waals surface area contributed by atoms with E-state index >= 15 is 0 Å². The maximum Gasteiger partial charge on any atom is 0.306 e. The van der Waals surface area contributed by atoms with Crippen molar-refractivity contribution < 1.29 is 24.2 Å².